The van der Waals surface area contributed by atoms with Crippen molar-refractivity contribution >= 4 is 23.3 Å². The lowest BCUT2D eigenvalue weighted by Crippen LogP contribution is -2.11. The van der Waals surface area contributed by atoms with E-state index in [0.29, 0.717) is 17.3 Å². The van der Waals surface area contributed by atoms with Crippen molar-refractivity contribution in [1.29, 1.82) is 0 Å². The molecule has 5 heteroatoms. The molecular formula is C16H16ClNO3. The molecule has 0 saturated carbocycles. The van der Waals surface area contributed by atoms with E-state index in [1.807, 2.05) is 43.3 Å². The summed E-state index contributed by atoms with van der Waals surface area (Å²) in [7, 11) is 0. The van der Waals surface area contributed by atoms with E-state index in [1.165, 1.54) is 0 Å². The van der Waals surface area contributed by atoms with Crippen molar-refractivity contribution in [3.8, 4) is 5.75 Å². The van der Waals surface area contributed by atoms with Gasteiger partial charge in [-0.3, -0.25) is 0 Å². The van der Waals surface area contributed by atoms with Crippen LogP contribution in [0, 0.1) is 6.92 Å². The summed E-state index contributed by atoms with van der Waals surface area (Å²) >= 11 is 6.08. The van der Waals surface area contributed by atoms with Gasteiger partial charge >= 0.3 is 5.97 Å². The Bertz CT molecular complexity index is 643. The summed E-state index contributed by atoms with van der Waals surface area (Å²) in [6, 6.07) is 13.0. The van der Waals surface area contributed by atoms with E-state index in [9.17, 15) is 4.79 Å². The van der Waals surface area contributed by atoms with Gasteiger partial charge in [0.1, 0.15) is 5.75 Å². The van der Waals surface area contributed by atoms with Gasteiger partial charge in [-0.2, -0.15) is 0 Å². The van der Waals surface area contributed by atoms with Crippen LogP contribution >= 0.6 is 11.6 Å². The molecular weight excluding hydrogens is 290 g/mol. The van der Waals surface area contributed by atoms with Gasteiger partial charge in [0.15, 0.2) is 6.61 Å². The Morgan fingerprint density at radius 3 is 2.76 bits per heavy atom. The molecule has 0 amide bonds. The molecule has 2 aromatic carbocycles. The predicted molar refractivity (Wildman–Crippen MR) is 83.1 cm³/mol. The van der Waals surface area contributed by atoms with Gasteiger partial charge in [0.25, 0.3) is 0 Å². The Morgan fingerprint density at radius 1 is 1.24 bits per heavy atom. The SMILES string of the molecule is Cc1c(Cl)cccc1NCc1ccccc1OCC(=O)O. The molecule has 0 bridgehead atoms. The lowest BCUT2D eigenvalue weighted by Gasteiger charge is -2.13. The van der Waals surface area contributed by atoms with Gasteiger partial charge in [-0.25, -0.2) is 4.79 Å². The number of halogens is 1. The molecule has 0 radical (unpaired) electrons. The zero-order valence-electron chi connectivity index (χ0n) is 11.6. The Kier molecular flexibility index (Phi) is 5.06. The number of nitrogens with one attached hydrogen (secondary N) is 1. The number of carboxylic acids is 1. The number of hydrogen-bond donors (Lipinski definition) is 2. The number of hydrogen-bond acceptors (Lipinski definition) is 3. The van der Waals surface area contributed by atoms with Gasteiger partial charge in [-0.1, -0.05) is 35.9 Å². The Balaban J connectivity index is 2.09. The molecule has 2 N–H and O–H groups in total. The van der Waals surface area contributed by atoms with Crippen LogP contribution in [0.1, 0.15) is 11.1 Å². The maximum Gasteiger partial charge on any atom is 0.341 e. The highest BCUT2D eigenvalue weighted by atomic mass is 35.5. The minimum atomic E-state index is -0.997. The highest BCUT2D eigenvalue weighted by molar-refractivity contribution is 6.31. The van der Waals surface area contributed by atoms with Crippen LogP contribution in [-0.4, -0.2) is 17.7 Å². The van der Waals surface area contributed by atoms with Crippen LogP contribution in [0.15, 0.2) is 42.5 Å². The van der Waals surface area contributed by atoms with Crippen molar-refractivity contribution in [1.82, 2.24) is 0 Å². The molecule has 0 aliphatic carbocycles. The minimum Gasteiger partial charge on any atom is -0.482 e. The third-order valence-electron chi connectivity index (χ3n) is 3.06. The molecule has 21 heavy (non-hydrogen) atoms. The minimum absolute atomic E-state index is 0.354. The lowest BCUT2D eigenvalue weighted by atomic mass is 10.1. The van der Waals surface area contributed by atoms with Gasteiger partial charge in [0.2, 0.25) is 0 Å². The number of aliphatic carboxylic acids is 1. The summed E-state index contributed by atoms with van der Waals surface area (Å²) in [5.41, 5.74) is 2.80. The van der Waals surface area contributed by atoms with Crippen LogP contribution in [0.3, 0.4) is 0 Å². The quantitative estimate of drug-likeness (QED) is 0.854. The fourth-order valence-corrected chi connectivity index (χ4v) is 2.09. The molecule has 2 rings (SSSR count). The van der Waals surface area contributed by atoms with E-state index >= 15 is 0 Å². The van der Waals surface area contributed by atoms with Gasteiger partial charge in [-0.05, 0) is 30.7 Å². The van der Waals surface area contributed by atoms with Gasteiger partial charge in [0, 0.05) is 22.8 Å². The van der Waals surface area contributed by atoms with Crippen molar-refractivity contribution in [2.45, 2.75) is 13.5 Å². The third-order valence-corrected chi connectivity index (χ3v) is 3.47. The van der Waals surface area contributed by atoms with Crippen molar-refractivity contribution in [3.63, 3.8) is 0 Å². The van der Waals surface area contributed by atoms with Crippen molar-refractivity contribution < 1.29 is 14.6 Å². The number of para-hydroxylation sites is 1. The summed E-state index contributed by atoms with van der Waals surface area (Å²) in [4.78, 5) is 10.6. The fraction of sp³-hybridized carbons (Fsp3) is 0.188. The number of carboxylic acid groups (broad SMARTS) is 1. The normalized spacial score (nSPS) is 10.2. The highest BCUT2D eigenvalue weighted by Gasteiger charge is 2.07. The maximum absolute atomic E-state index is 10.6. The summed E-state index contributed by atoms with van der Waals surface area (Å²) in [5.74, 6) is -0.435. The molecule has 0 aromatic heterocycles. The molecule has 0 heterocycles. The van der Waals surface area contributed by atoms with Gasteiger partial charge < -0.3 is 15.2 Å². The molecule has 4 nitrogen and oxygen atoms in total. The maximum atomic E-state index is 10.6. The summed E-state index contributed by atoms with van der Waals surface area (Å²) < 4.78 is 5.28. The Morgan fingerprint density at radius 2 is 2.00 bits per heavy atom. The van der Waals surface area contributed by atoms with E-state index in [0.717, 1.165) is 16.8 Å². The highest BCUT2D eigenvalue weighted by Crippen LogP contribution is 2.25. The zero-order chi connectivity index (χ0) is 15.2. The molecule has 0 unspecified atom stereocenters. The third kappa shape index (κ3) is 4.13. The number of anilines is 1. The smallest absolute Gasteiger partial charge is 0.341 e. The second-order valence-corrected chi connectivity index (χ2v) is 4.96. The van der Waals surface area contributed by atoms with Gasteiger partial charge in [-0.15, -0.1) is 0 Å². The molecule has 0 fully saturated rings. The van der Waals surface area contributed by atoms with Crippen LogP contribution in [0.25, 0.3) is 0 Å². The first-order valence-corrected chi connectivity index (χ1v) is 6.87. The average Bonchev–Trinajstić information content (AvgIpc) is 2.47. The van der Waals surface area contributed by atoms with Gasteiger partial charge in [0.05, 0.1) is 0 Å². The van der Waals surface area contributed by atoms with E-state index in [2.05, 4.69) is 5.32 Å². The second kappa shape index (κ2) is 6.99. The van der Waals surface area contributed by atoms with Crippen LogP contribution in [-0.2, 0) is 11.3 Å². The number of carbonyl (C=O) groups is 1. The monoisotopic (exact) mass is 305 g/mol. The van der Waals surface area contributed by atoms with E-state index in [-0.39, 0.29) is 6.61 Å². The molecule has 0 saturated heterocycles. The second-order valence-electron chi connectivity index (χ2n) is 4.56. The zero-order valence-corrected chi connectivity index (χ0v) is 12.4. The van der Waals surface area contributed by atoms with E-state index in [4.69, 9.17) is 21.4 Å². The first-order chi connectivity index (χ1) is 10.1. The molecule has 2 aromatic rings. The summed E-state index contributed by atoms with van der Waals surface area (Å²) in [6.45, 7) is 2.11. The van der Waals surface area contributed by atoms with E-state index < -0.39 is 5.97 Å². The standard InChI is InChI=1S/C16H16ClNO3/c1-11-13(17)6-4-7-14(11)18-9-12-5-2-3-8-15(12)21-10-16(19)20/h2-8,18H,9-10H2,1H3,(H,19,20). The largest absolute Gasteiger partial charge is 0.482 e. The van der Waals surface area contributed by atoms with Crippen LogP contribution in [0.2, 0.25) is 5.02 Å². The fourth-order valence-electron chi connectivity index (χ4n) is 1.92. The topological polar surface area (TPSA) is 58.6 Å². The van der Waals surface area contributed by atoms with Crippen molar-refractivity contribution in [2.24, 2.45) is 0 Å². The lowest BCUT2D eigenvalue weighted by molar-refractivity contribution is -0.139. The van der Waals surface area contributed by atoms with Crippen molar-refractivity contribution in [2.75, 3.05) is 11.9 Å². The first kappa shape index (κ1) is 15.2. The molecule has 0 spiro atoms. The Labute approximate surface area is 128 Å². The van der Waals surface area contributed by atoms with Crippen LogP contribution < -0.4 is 10.1 Å². The summed E-state index contributed by atoms with van der Waals surface area (Å²) in [5, 5.41) is 12.7. The average molecular weight is 306 g/mol. The number of rotatable bonds is 6. The predicted octanol–water partition coefficient (Wildman–Crippen LogP) is 3.72. The molecule has 110 valence electrons. The van der Waals surface area contributed by atoms with Crippen LogP contribution in [0.5, 0.6) is 5.75 Å². The number of ether oxygens (including phenoxy) is 1. The molecule has 0 atom stereocenters. The first-order valence-electron chi connectivity index (χ1n) is 6.49. The van der Waals surface area contributed by atoms with Crippen molar-refractivity contribution in [3.05, 3.63) is 58.6 Å². The molecule has 0 aliphatic heterocycles. The van der Waals surface area contributed by atoms with E-state index in [1.54, 1.807) is 6.07 Å². The Hall–Kier alpha value is -2.20. The van der Waals surface area contributed by atoms with Crippen LogP contribution in [0.4, 0.5) is 5.69 Å². The number of benzene rings is 2. The molecule has 0 aliphatic rings. The summed E-state index contributed by atoms with van der Waals surface area (Å²) in [6.07, 6.45) is 0.